The van der Waals surface area contributed by atoms with Crippen LogP contribution >= 0.6 is 0 Å². The van der Waals surface area contributed by atoms with Gasteiger partial charge in [-0.25, -0.2) is 4.79 Å². The fraction of sp³-hybridized carbons (Fsp3) is 0.333. The summed E-state index contributed by atoms with van der Waals surface area (Å²) < 4.78 is 14.9. The molecule has 1 atom stereocenters. The van der Waals surface area contributed by atoms with Gasteiger partial charge in [0.2, 0.25) is 0 Å². The zero-order valence-electron chi connectivity index (χ0n) is 10.2. The fourth-order valence-corrected chi connectivity index (χ4v) is 1.10. The van der Waals surface area contributed by atoms with Gasteiger partial charge >= 0.3 is 5.97 Å². The maximum atomic E-state index is 11.3. The molecule has 98 valence electrons. The van der Waals surface area contributed by atoms with Gasteiger partial charge in [0, 0.05) is 0 Å². The number of rotatable bonds is 6. The highest BCUT2D eigenvalue weighted by Gasteiger charge is 2.14. The van der Waals surface area contributed by atoms with Gasteiger partial charge in [-0.15, -0.1) is 0 Å². The van der Waals surface area contributed by atoms with Crippen molar-refractivity contribution in [2.75, 3.05) is 13.7 Å². The van der Waals surface area contributed by atoms with Crippen LogP contribution in [0.5, 0.6) is 11.5 Å². The molecule has 18 heavy (non-hydrogen) atoms. The second kappa shape index (κ2) is 6.48. The standard InChI is InChI=1S/C12H15NO5/c1-8(12(13)15)18-11(14)7-17-10-5-3-9(16-2)4-6-10/h3-6,8H,7H2,1-2H3,(H2,13,15)/t8-/m0/s1. The third-order valence-corrected chi connectivity index (χ3v) is 2.13. The number of hydrogen-bond donors (Lipinski definition) is 1. The van der Waals surface area contributed by atoms with E-state index in [1.165, 1.54) is 6.92 Å². The second-order valence-electron chi connectivity index (χ2n) is 3.50. The Morgan fingerprint density at radius 2 is 1.78 bits per heavy atom. The third kappa shape index (κ3) is 4.32. The molecule has 0 fully saturated rings. The summed E-state index contributed by atoms with van der Waals surface area (Å²) in [7, 11) is 1.55. The van der Waals surface area contributed by atoms with Crippen molar-refractivity contribution in [2.24, 2.45) is 5.73 Å². The predicted octanol–water partition coefficient (Wildman–Crippen LogP) is 0.491. The van der Waals surface area contributed by atoms with Crippen LogP contribution in [0, 0.1) is 0 Å². The van der Waals surface area contributed by atoms with E-state index >= 15 is 0 Å². The van der Waals surface area contributed by atoms with E-state index in [4.69, 9.17) is 19.9 Å². The largest absolute Gasteiger partial charge is 0.497 e. The Labute approximate surface area is 105 Å². The van der Waals surface area contributed by atoms with Gasteiger partial charge < -0.3 is 19.9 Å². The smallest absolute Gasteiger partial charge is 0.344 e. The molecule has 0 aromatic heterocycles. The van der Waals surface area contributed by atoms with Crippen LogP contribution in [0.25, 0.3) is 0 Å². The van der Waals surface area contributed by atoms with Gasteiger partial charge in [-0.2, -0.15) is 0 Å². The average molecular weight is 253 g/mol. The molecule has 0 unspecified atom stereocenters. The number of hydrogen-bond acceptors (Lipinski definition) is 5. The highest BCUT2D eigenvalue weighted by atomic mass is 16.6. The van der Waals surface area contributed by atoms with Crippen molar-refractivity contribution in [3.05, 3.63) is 24.3 Å². The zero-order valence-corrected chi connectivity index (χ0v) is 10.2. The van der Waals surface area contributed by atoms with Gasteiger partial charge in [0.05, 0.1) is 7.11 Å². The first-order valence-electron chi connectivity index (χ1n) is 5.28. The molecular weight excluding hydrogens is 238 g/mol. The number of primary amides is 1. The number of carbonyl (C=O) groups is 2. The molecule has 6 nitrogen and oxygen atoms in total. The van der Waals surface area contributed by atoms with Crippen molar-refractivity contribution in [3.8, 4) is 11.5 Å². The zero-order chi connectivity index (χ0) is 13.5. The minimum absolute atomic E-state index is 0.288. The van der Waals surface area contributed by atoms with Crippen LogP contribution in [0.4, 0.5) is 0 Å². The Hall–Kier alpha value is -2.24. The summed E-state index contributed by atoms with van der Waals surface area (Å²) in [5.41, 5.74) is 4.95. The summed E-state index contributed by atoms with van der Waals surface area (Å²) in [6.07, 6.45) is -0.961. The Balaban J connectivity index is 2.40. The molecule has 0 saturated carbocycles. The monoisotopic (exact) mass is 253 g/mol. The van der Waals surface area contributed by atoms with Gasteiger partial charge in [0.25, 0.3) is 5.91 Å². The van der Waals surface area contributed by atoms with E-state index in [0.717, 1.165) is 0 Å². The SMILES string of the molecule is COc1ccc(OCC(=O)O[C@@H](C)C(N)=O)cc1. The molecular formula is C12H15NO5. The highest BCUT2D eigenvalue weighted by molar-refractivity contribution is 5.82. The molecule has 2 N–H and O–H groups in total. The fourth-order valence-electron chi connectivity index (χ4n) is 1.10. The van der Waals surface area contributed by atoms with Crippen LogP contribution in [0.15, 0.2) is 24.3 Å². The molecule has 1 amide bonds. The summed E-state index contributed by atoms with van der Waals surface area (Å²) in [5, 5.41) is 0. The molecule has 0 aliphatic rings. The first-order valence-corrected chi connectivity index (χ1v) is 5.28. The number of ether oxygens (including phenoxy) is 3. The van der Waals surface area contributed by atoms with E-state index in [0.29, 0.717) is 11.5 Å². The lowest BCUT2D eigenvalue weighted by molar-refractivity contribution is -0.155. The van der Waals surface area contributed by atoms with Crippen LogP contribution in [-0.2, 0) is 14.3 Å². The van der Waals surface area contributed by atoms with Crippen molar-refractivity contribution in [3.63, 3.8) is 0 Å². The van der Waals surface area contributed by atoms with Gasteiger partial charge in [0.1, 0.15) is 11.5 Å². The van der Waals surface area contributed by atoms with E-state index in [2.05, 4.69) is 0 Å². The number of nitrogens with two attached hydrogens (primary N) is 1. The maximum Gasteiger partial charge on any atom is 0.344 e. The van der Waals surface area contributed by atoms with E-state index in [1.54, 1.807) is 31.4 Å². The van der Waals surface area contributed by atoms with Crippen molar-refractivity contribution in [1.29, 1.82) is 0 Å². The van der Waals surface area contributed by atoms with E-state index < -0.39 is 18.0 Å². The third-order valence-electron chi connectivity index (χ3n) is 2.13. The molecule has 0 aliphatic carbocycles. The number of carbonyl (C=O) groups excluding carboxylic acids is 2. The van der Waals surface area contributed by atoms with Crippen molar-refractivity contribution >= 4 is 11.9 Å². The van der Waals surface area contributed by atoms with Gasteiger partial charge in [-0.1, -0.05) is 0 Å². The lowest BCUT2D eigenvalue weighted by Crippen LogP contribution is -2.32. The number of benzene rings is 1. The minimum atomic E-state index is -0.961. The normalized spacial score (nSPS) is 11.4. The van der Waals surface area contributed by atoms with Crippen molar-refractivity contribution in [1.82, 2.24) is 0 Å². The lowest BCUT2D eigenvalue weighted by atomic mass is 10.3. The van der Waals surface area contributed by atoms with Crippen LogP contribution in [-0.4, -0.2) is 31.7 Å². The molecule has 6 heteroatoms. The molecule has 0 aliphatic heterocycles. The second-order valence-corrected chi connectivity index (χ2v) is 3.50. The molecule has 0 radical (unpaired) electrons. The average Bonchev–Trinajstić information content (AvgIpc) is 2.36. The first kappa shape index (κ1) is 13.8. The van der Waals surface area contributed by atoms with Crippen LogP contribution in [0.3, 0.4) is 0 Å². The van der Waals surface area contributed by atoms with Gasteiger partial charge in [-0.3, -0.25) is 4.79 Å². The minimum Gasteiger partial charge on any atom is -0.497 e. The quantitative estimate of drug-likeness (QED) is 0.745. The van der Waals surface area contributed by atoms with Crippen LogP contribution in [0.1, 0.15) is 6.92 Å². The molecule has 0 saturated heterocycles. The van der Waals surface area contributed by atoms with Gasteiger partial charge in [-0.05, 0) is 31.2 Å². The van der Waals surface area contributed by atoms with E-state index in [-0.39, 0.29) is 6.61 Å². The van der Waals surface area contributed by atoms with Gasteiger partial charge in [0.15, 0.2) is 12.7 Å². The lowest BCUT2D eigenvalue weighted by Gasteiger charge is -2.10. The Morgan fingerprint density at radius 3 is 2.28 bits per heavy atom. The van der Waals surface area contributed by atoms with Crippen LogP contribution in [0.2, 0.25) is 0 Å². The first-order chi connectivity index (χ1) is 8.52. The molecule has 0 heterocycles. The van der Waals surface area contributed by atoms with E-state index in [1.807, 2.05) is 0 Å². The summed E-state index contributed by atoms with van der Waals surface area (Å²) in [6.45, 7) is 1.11. The molecule has 1 aromatic carbocycles. The Morgan fingerprint density at radius 1 is 1.22 bits per heavy atom. The van der Waals surface area contributed by atoms with E-state index in [9.17, 15) is 9.59 Å². The summed E-state index contributed by atoms with van der Waals surface area (Å²) in [5.74, 6) is -0.170. The summed E-state index contributed by atoms with van der Waals surface area (Å²) in [4.78, 5) is 21.9. The molecule has 1 aromatic rings. The predicted molar refractivity (Wildman–Crippen MR) is 63.2 cm³/mol. The summed E-state index contributed by atoms with van der Waals surface area (Å²) >= 11 is 0. The molecule has 1 rings (SSSR count). The Kier molecular flexibility index (Phi) is 4.98. The van der Waals surface area contributed by atoms with Crippen molar-refractivity contribution < 1.29 is 23.8 Å². The number of methoxy groups -OCH3 is 1. The molecule has 0 spiro atoms. The van der Waals surface area contributed by atoms with Crippen molar-refractivity contribution in [2.45, 2.75) is 13.0 Å². The highest BCUT2D eigenvalue weighted by Crippen LogP contribution is 2.16. The summed E-state index contributed by atoms with van der Waals surface area (Å²) in [6, 6.07) is 6.71. The maximum absolute atomic E-state index is 11.3. The van der Waals surface area contributed by atoms with Crippen LogP contribution < -0.4 is 15.2 Å². The molecule has 0 bridgehead atoms. The number of amides is 1. The Bertz CT molecular complexity index is 415. The number of esters is 1. The topological polar surface area (TPSA) is 87.8 Å².